The largest absolute Gasteiger partial charge is 0.479 e. The summed E-state index contributed by atoms with van der Waals surface area (Å²) in [6, 6.07) is 7.53. The van der Waals surface area contributed by atoms with Crippen molar-refractivity contribution in [2.24, 2.45) is 0 Å². The molecule has 9 nitrogen and oxygen atoms in total. The lowest BCUT2D eigenvalue weighted by molar-refractivity contribution is -0.137. The highest BCUT2D eigenvalue weighted by Crippen LogP contribution is 2.37. The second-order valence-electron chi connectivity index (χ2n) is 7.95. The zero-order valence-electron chi connectivity index (χ0n) is 19.5. The number of hydrazine groups is 1. The molecule has 0 spiro atoms. The minimum Gasteiger partial charge on any atom is -0.479 e. The van der Waals surface area contributed by atoms with E-state index in [-0.39, 0.29) is 18.8 Å². The first-order valence-corrected chi connectivity index (χ1v) is 11.0. The van der Waals surface area contributed by atoms with Gasteiger partial charge in [0.1, 0.15) is 5.69 Å². The Labute approximate surface area is 204 Å². The van der Waals surface area contributed by atoms with Crippen molar-refractivity contribution in [1.82, 2.24) is 25.0 Å². The van der Waals surface area contributed by atoms with Crippen molar-refractivity contribution in [2.45, 2.75) is 19.5 Å². The van der Waals surface area contributed by atoms with Crippen LogP contribution in [0.15, 0.2) is 55.0 Å². The molecule has 3 aromatic rings. The van der Waals surface area contributed by atoms with E-state index in [1.54, 1.807) is 23.0 Å². The Morgan fingerprint density at radius 1 is 1.14 bits per heavy atom. The maximum Gasteiger partial charge on any atom is 0.418 e. The lowest BCUT2D eigenvalue weighted by Gasteiger charge is -2.36. The predicted molar refractivity (Wildman–Crippen MR) is 125 cm³/mol. The standard InChI is InChI=1S/C24H23F3N6O3/c1-16-14-31(15-28-16)20-10-8-17(29-22(20)36-2)9-11-21(34)30-33-13-5-12-32(23(33)35)19-7-4-3-6-18(19)24(25,26)27/h3-4,6-11,14-15H,5,12-13H2,1-2H3,(H,30,34). The molecule has 1 saturated heterocycles. The number of benzene rings is 1. The number of anilines is 1. The molecule has 2 aromatic heterocycles. The van der Waals surface area contributed by atoms with Crippen molar-refractivity contribution in [3.05, 3.63) is 71.9 Å². The number of nitrogens with zero attached hydrogens (tertiary/aromatic N) is 5. The molecule has 188 valence electrons. The fraction of sp³-hybridized carbons (Fsp3) is 0.250. The lowest BCUT2D eigenvalue weighted by Crippen LogP contribution is -2.56. The quantitative estimate of drug-likeness (QED) is 0.517. The Kier molecular flexibility index (Phi) is 6.95. The molecule has 0 bridgehead atoms. The molecule has 3 amide bonds. The molecule has 1 aliphatic rings. The number of para-hydroxylation sites is 1. The van der Waals surface area contributed by atoms with Gasteiger partial charge in [0, 0.05) is 25.4 Å². The molecular weight excluding hydrogens is 477 g/mol. The van der Waals surface area contributed by atoms with E-state index < -0.39 is 23.7 Å². The van der Waals surface area contributed by atoms with E-state index in [0.717, 1.165) is 21.7 Å². The number of carbonyl (C=O) groups excluding carboxylic acids is 2. The van der Waals surface area contributed by atoms with Crippen molar-refractivity contribution in [3.63, 3.8) is 0 Å². The number of methoxy groups -OCH3 is 1. The average molecular weight is 500 g/mol. The Morgan fingerprint density at radius 2 is 1.92 bits per heavy atom. The van der Waals surface area contributed by atoms with E-state index in [2.05, 4.69) is 15.4 Å². The number of ether oxygens (including phenoxy) is 1. The Morgan fingerprint density at radius 3 is 2.61 bits per heavy atom. The van der Waals surface area contributed by atoms with Crippen LogP contribution in [0.3, 0.4) is 0 Å². The van der Waals surface area contributed by atoms with Crippen molar-refractivity contribution >= 4 is 23.7 Å². The number of carbonyl (C=O) groups is 2. The number of hydrogen-bond donors (Lipinski definition) is 1. The molecule has 36 heavy (non-hydrogen) atoms. The van der Waals surface area contributed by atoms with Crippen LogP contribution in [0.25, 0.3) is 11.8 Å². The van der Waals surface area contributed by atoms with Gasteiger partial charge in [-0.1, -0.05) is 12.1 Å². The summed E-state index contributed by atoms with van der Waals surface area (Å²) in [6.45, 7) is 2.11. The van der Waals surface area contributed by atoms with Crippen LogP contribution in [-0.4, -0.2) is 51.7 Å². The van der Waals surface area contributed by atoms with Crippen LogP contribution in [0.1, 0.15) is 23.4 Å². The summed E-state index contributed by atoms with van der Waals surface area (Å²) in [5.74, 6) is -0.315. The maximum atomic E-state index is 13.4. The molecule has 12 heteroatoms. The summed E-state index contributed by atoms with van der Waals surface area (Å²) >= 11 is 0. The minimum absolute atomic E-state index is 0.0979. The first kappa shape index (κ1) is 24.8. The highest BCUT2D eigenvalue weighted by molar-refractivity contribution is 5.97. The molecule has 0 atom stereocenters. The third kappa shape index (κ3) is 5.32. The number of imidazole rings is 1. The van der Waals surface area contributed by atoms with Gasteiger partial charge in [-0.15, -0.1) is 0 Å². The van der Waals surface area contributed by atoms with Crippen molar-refractivity contribution in [2.75, 3.05) is 25.1 Å². The lowest BCUT2D eigenvalue weighted by atomic mass is 10.1. The summed E-state index contributed by atoms with van der Waals surface area (Å²) in [4.78, 5) is 34.9. The number of pyridine rings is 1. The molecule has 1 aromatic carbocycles. The van der Waals surface area contributed by atoms with Crippen LogP contribution in [0.5, 0.6) is 5.88 Å². The fourth-order valence-corrected chi connectivity index (χ4v) is 3.77. The van der Waals surface area contributed by atoms with Gasteiger partial charge in [0.25, 0.3) is 5.91 Å². The number of aromatic nitrogens is 3. The van der Waals surface area contributed by atoms with Crippen LogP contribution in [-0.2, 0) is 11.0 Å². The third-order valence-electron chi connectivity index (χ3n) is 5.42. The maximum absolute atomic E-state index is 13.4. The van der Waals surface area contributed by atoms with Gasteiger partial charge in [0.15, 0.2) is 0 Å². The van der Waals surface area contributed by atoms with E-state index >= 15 is 0 Å². The van der Waals surface area contributed by atoms with Crippen molar-refractivity contribution < 1.29 is 27.5 Å². The second-order valence-corrected chi connectivity index (χ2v) is 7.95. The van der Waals surface area contributed by atoms with E-state index in [4.69, 9.17) is 4.74 Å². The van der Waals surface area contributed by atoms with Gasteiger partial charge < -0.3 is 9.30 Å². The normalized spacial score (nSPS) is 14.4. The zero-order chi connectivity index (χ0) is 25.9. The van der Waals surface area contributed by atoms with Gasteiger partial charge in [-0.2, -0.15) is 13.2 Å². The summed E-state index contributed by atoms with van der Waals surface area (Å²) in [5.41, 5.74) is 3.17. The van der Waals surface area contributed by atoms with Crippen LogP contribution in [0, 0.1) is 6.92 Å². The number of nitrogens with one attached hydrogen (secondary N) is 1. The van der Waals surface area contributed by atoms with E-state index in [1.165, 1.54) is 37.5 Å². The number of aryl methyl sites for hydroxylation is 1. The molecule has 0 saturated carbocycles. The molecule has 0 aliphatic carbocycles. The number of hydrogen-bond acceptors (Lipinski definition) is 5. The topological polar surface area (TPSA) is 92.6 Å². The summed E-state index contributed by atoms with van der Waals surface area (Å²) in [5, 5.41) is 1.00. The van der Waals surface area contributed by atoms with Crippen LogP contribution in [0.4, 0.5) is 23.7 Å². The number of rotatable bonds is 6. The second kappa shape index (κ2) is 10.1. The fourth-order valence-electron chi connectivity index (χ4n) is 3.77. The molecule has 1 fully saturated rings. The average Bonchev–Trinajstić information content (AvgIpc) is 3.29. The van der Waals surface area contributed by atoms with Crippen molar-refractivity contribution in [3.8, 4) is 11.6 Å². The van der Waals surface area contributed by atoms with Crippen LogP contribution >= 0.6 is 0 Å². The van der Waals surface area contributed by atoms with E-state index in [9.17, 15) is 22.8 Å². The van der Waals surface area contributed by atoms with E-state index in [0.29, 0.717) is 23.7 Å². The van der Waals surface area contributed by atoms with Gasteiger partial charge in [-0.05, 0) is 43.7 Å². The summed E-state index contributed by atoms with van der Waals surface area (Å²) in [6.07, 6.45) is 1.81. The first-order chi connectivity index (χ1) is 17.2. The number of alkyl halides is 3. The van der Waals surface area contributed by atoms with Gasteiger partial charge in [0.2, 0.25) is 5.88 Å². The molecule has 3 heterocycles. The minimum atomic E-state index is -4.62. The third-order valence-corrected chi connectivity index (χ3v) is 5.42. The predicted octanol–water partition coefficient (Wildman–Crippen LogP) is 3.98. The van der Waals surface area contributed by atoms with Gasteiger partial charge in [-0.25, -0.2) is 19.8 Å². The molecule has 0 radical (unpaired) electrons. The Balaban J connectivity index is 1.46. The number of urea groups is 1. The van der Waals surface area contributed by atoms with Gasteiger partial charge in [0.05, 0.1) is 36.1 Å². The highest BCUT2D eigenvalue weighted by atomic mass is 19.4. The van der Waals surface area contributed by atoms with Crippen molar-refractivity contribution in [1.29, 1.82) is 0 Å². The molecule has 1 N–H and O–H groups in total. The molecule has 0 unspecified atom stereocenters. The first-order valence-electron chi connectivity index (χ1n) is 11.0. The van der Waals surface area contributed by atoms with Gasteiger partial charge >= 0.3 is 12.2 Å². The highest BCUT2D eigenvalue weighted by Gasteiger charge is 2.37. The van der Waals surface area contributed by atoms with Gasteiger partial charge in [-0.3, -0.25) is 15.1 Å². The van der Waals surface area contributed by atoms with E-state index in [1.807, 2.05) is 13.1 Å². The number of amides is 3. The Bertz CT molecular complexity index is 1300. The Hall–Kier alpha value is -4.35. The SMILES string of the molecule is COc1nc(C=CC(=O)NN2CCCN(c3ccccc3C(F)(F)F)C2=O)ccc1-n1cnc(C)c1. The monoisotopic (exact) mass is 500 g/mol. The summed E-state index contributed by atoms with van der Waals surface area (Å²) < 4.78 is 47.4. The van der Waals surface area contributed by atoms with Crippen LogP contribution < -0.4 is 15.1 Å². The number of halogens is 3. The van der Waals surface area contributed by atoms with Crippen LogP contribution in [0.2, 0.25) is 0 Å². The molecule has 4 rings (SSSR count). The molecular formula is C24H23F3N6O3. The zero-order valence-corrected chi connectivity index (χ0v) is 19.5. The molecule has 1 aliphatic heterocycles. The summed E-state index contributed by atoms with van der Waals surface area (Å²) in [7, 11) is 1.47. The smallest absolute Gasteiger partial charge is 0.418 e.